The van der Waals surface area contributed by atoms with Gasteiger partial charge >= 0.3 is 0 Å². The summed E-state index contributed by atoms with van der Waals surface area (Å²) >= 11 is 5.88. The van der Waals surface area contributed by atoms with Gasteiger partial charge in [0.05, 0.1) is 6.54 Å². The minimum absolute atomic E-state index is 0.0462. The number of benzene rings is 1. The molecule has 0 aliphatic carbocycles. The lowest BCUT2D eigenvalue weighted by Crippen LogP contribution is -2.28. The molecule has 1 saturated heterocycles. The van der Waals surface area contributed by atoms with Crippen LogP contribution in [0.1, 0.15) is 25.0 Å². The zero-order valence-corrected chi connectivity index (χ0v) is 13.6. The number of ether oxygens (including phenoxy) is 1. The number of amides is 1. The molecule has 1 aliphatic rings. The Morgan fingerprint density at radius 1 is 1.22 bits per heavy atom. The van der Waals surface area contributed by atoms with E-state index in [0.29, 0.717) is 30.5 Å². The second-order valence-corrected chi connectivity index (χ2v) is 6.27. The molecule has 1 atom stereocenters. The molecule has 2 heterocycles. The number of carbonyl (C=O) groups excluding carboxylic acids is 1. The van der Waals surface area contributed by atoms with Gasteiger partial charge in [-0.3, -0.25) is 4.79 Å². The predicted octanol–water partition coefficient (Wildman–Crippen LogP) is 4.03. The van der Waals surface area contributed by atoms with Crippen LogP contribution in [-0.2, 0) is 16.1 Å². The SMILES string of the molecule is O=C(C[C@H]1CCCOC1)NCc1ccc(-c2ccc(Cl)cc2)o1. The Hall–Kier alpha value is -1.78. The predicted molar refractivity (Wildman–Crippen MR) is 89.2 cm³/mol. The first-order valence-electron chi connectivity index (χ1n) is 7.90. The molecule has 5 heteroatoms. The average Bonchev–Trinajstić information content (AvgIpc) is 3.04. The Kier molecular flexibility index (Phi) is 5.36. The molecule has 0 bridgehead atoms. The molecule has 2 aromatic rings. The van der Waals surface area contributed by atoms with Gasteiger partial charge in [0.2, 0.25) is 5.91 Å². The second-order valence-electron chi connectivity index (χ2n) is 5.84. The first-order valence-corrected chi connectivity index (χ1v) is 8.27. The number of rotatable bonds is 5. The number of hydrogen-bond donors (Lipinski definition) is 1. The first kappa shape index (κ1) is 16.1. The van der Waals surface area contributed by atoms with Crippen LogP contribution in [0.2, 0.25) is 5.02 Å². The van der Waals surface area contributed by atoms with Gasteiger partial charge in [-0.15, -0.1) is 0 Å². The topological polar surface area (TPSA) is 51.5 Å². The Balaban J connectivity index is 1.50. The van der Waals surface area contributed by atoms with Crippen molar-refractivity contribution in [2.24, 2.45) is 5.92 Å². The van der Waals surface area contributed by atoms with Crippen LogP contribution in [0.4, 0.5) is 0 Å². The molecule has 1 aliphatic heterocycles. The summed E-state index contributed by atoms with van der Waals surface area (Å²) in [6.07, 6.45) is 2.63. The van der Waals surface area contributed by atoms with E-state index in [2.05, 4.69) is 5.32 Å². The molecule has 0 saturated carbocycles. The summed E-state index contributed by atoms with van der Waals surface area (Å²) in [5.41, 5.74) is 0.964. The highest BCUT2D eigenvalue weighted by molar-refractivity contribution is 6.30. The van der Waals surface area contributed by atoms with Crippen molar-refractivity contribution in [1.82, 2.24) is 5.32 Å². The van der Waals surface area contributed by atoms with Crippen LogP contribution in [0.5, 0.6) is 0 Å². The summed E-state index contributed by atoms with van der Waals surface area (Å²) in [6, 6.07) is 11.3. The molecule has 0 spiro atoms. The highest BCUT2D eigenvalue weighted by Gasteiger charge is 2.17. The Morgan fingerprint density at radius 2 is 2.04 bits per heavy atom. The van der Waals surface area contributed by atoms with E-state index in [0.717, 1.165) is 36.5 Å². The molecule has 1 amide bonds. The highest BCUT2D eigenvalue weighted by atomic mass is 35.5. The third-order valence-corrected chi connectivity index (χ3v) is 4.23. The van der Waals surface area contributed by atoms with E-state index in [-0.39, 0.29) is 5.91 Å². The Morgan fingerprint density at radius 3 is 2.78 bits per heavy atom. The lowest BCUT2D eigenvalue weighted by Gasteiger charge is -2.21. The maximum absolute atomic E-state index is 12.0. The van der Waals surface area contributed by atoms with Gasteiger partial charge in [-0.05, 0) is 55.2 Å². The summed E-state index contributed by atoms with van der Waals surface area (Å²) in [4.78, 5) is 12.0. The molecule has 1 fully saturated rings. The second kappa shape index (κ2) is 7.66. The molecule has 0 unspecified atom stereocenters. The maximum atomic E-state index is 12.0. The van der Waals surface area contributed by atoms with Crippen LogP contribution >= 0.6 is 11.6 Å². The number of nitrogens with one attached hydrogen (secondary N) is 1. The quantitative estimate of drug-likeness (QED) is 0.898. The third kappa shape index (κ3) is 4.60. The van der Waals surface area contributed by atoms with Crippen molar-refractivity contribution < 1.29 is 13.9 Å². The number of halogens is 1. The standard InChI is InChI=1S/C18H20ClNO3/c19-15-5-3-14(4-6-15)17-8-7-16(23-17)11-20-18(21)10-13-2-1-9-22-12-13/h3-8,13H,1-2,9-12H2,(H,20,21)/t13-/m1/s1. The number of furan rings is 1. The smallest absolute Gasteiger partial charge is 0.220 e. The van der Waals surface area contributed by atoms with Gasteiger partial charge in [0.1, 0.15) is 11.5 Å². The summed E-state index contributed by atoms with van der Waals surface area (Å²) in [5, 5.41) is 3.60. The molecule has 23 heavy (non-hydrogen) atoms. The minimum Gasteiger partial charge on any atom is -0.459 e. The fraction of sp³-hybridized carbons (Fsp3) is 0.389. The van der Waals surface area contributed by atoms with Crippen LogP contribution < -0.4 is 5.32 Å². The monoisotopic (exact) mass is 333 g/mol. The summed E-state index contributed by atoms with van der Waals surface area (Å²) < 4.78 is 11.2. The van der Waals surface area contributed by atoms with E-state index < -0.39 is 0 Å². The van der Waals surface area contributed by atoms with Gasteiger partial charge < -0.3 is 14.5 Å². The van der Waals surface area contributed by atoms with Crippen molar-refractivity contribution in [1.29, 1.82) is 0 Å². The average molecular weight is 334 g/mol. The van der Waals surface area contributed by atoms with Crippen LogP contribution in [-0.4, -0.2) is 19.1 Å². The van der Waals surface area contributed by atoms with Crippen LogP contribution in [0, 0.1) is 5.92 Å². The van der Waals surface area contributed by atoms with E-state index in [1.807, 2.05) is 36.4 Å². The zero-order valence-electron chi connectivity index (χ0n) is 12.9. The molecule has 1 aromatic heterocycles. The molecule has 122 valence electrons. The Labute approximate surface area is 140 Å². The van der Waals surface area contributed by atoms with Crippen molar-refractivity contribution >= 4 is 17.5 Å². The highest BCUT2D eigenvalue weighted by Crippen LogP contribution is 2.24. The van der Waals surface area contributed by atoms with Gasteiger partial charge in [-0.2, -0.15) is 0 Å². The lowest BCUT2D eigenvalue weighted by atomic mass is 9.98. The van der Waals surface area contributed by atoms with E-state index in [1.165, 1.54) is 0 Å². The Bertz CT molecular complexity index is 645. The molecule has 4 nitrogen and oxygen atoms in total. The number of carbonyl (C=O) groups is 1. The summed E-state index contributed by atoms with van der Waals surface area (Å²) in [7, 11) is 0. The van der Waals surface area contributed by atoms with Gasteiger partial charge in [0.15, 0.2) is 0 Å². The minimum atomic E-state index is 0.0462. The van der Waals surface area contributed by atoms with Crippen LogP contribution in [0.15, 0.2) is 40.8 Å². The van der Waals surface area contributed by atoms with Gasteiger partial charge in [-0.25, -0.2) is 0 Å². The maximum Gasteiger partial charge on any atom is 0.220 e. The summed E-state index contributed by atoms with van der Waals surface area (Å²) in [5.74, 6) is 1.89. The van der Waals surface area contributed by atoms with Crippen molar-refractivity contribution in [2.45, 2.75) is 25.8 Å². The molecular weight excluding hydrogens is 314 g/mol. The van der Waals surface area contributed by atoms with Gasteiger partial charge in [0, 0.05) is 30.2 Å². The molecule has 1 N–H and O–H groups in total. The van der Waals surface area contributed by atoms with Crippen LogP contribution in [0.3, 0.4) is 0 Å². The van der Waals surface area contributed by atoms with E-state index in [4.69, 9.17) is 20.8 Å². The van der Waals surface area contributed by atoms with Crippen molar-refractivity contribution in [3.8, 4) is 11.3 Å². The zero-order chi connectivity index (χ0) is 16.1. The largest absolute Gasteiger partial charge is 0.459 e. The number of hydrogen-bond acceptors (Lipinski definition) is 3. The van der Waals surface area contributed by atoms with Crippen molar-refractivity contribution in [3.63, 3.8) is 0 Å². The molecular formula is C18H20ClNO3. The van der Waals surface area contributed by atoms with E-state index >= 15 is 0 Å². The van der Waals surface area contributed by atoms with Crippen molar-refractivity contribution in [3.05, 3.63) is 47.2 Å². The lowest BCUT2D eigenvalue weighted by molar-refractivity contribution is -0.123. The molecule has 1 aromatic carbocycles. The molecule has 3 rings (SSSR count). The van der Waals surface area contributed by atoms with Crippen molar-refractivity contribution in [2.75, 3.05) is 13.2 Å². The van der Waals surface area contributed by atoms with Crippen LogP contribution in [0.25, 0.3) is 11.3 Å². The first-order chi connectivity index (χ1) is 11.2. The fourth-order valence-corrected chi connectivity index (χ4v) is 2.86. The third-order valence-electron chi connectivity index (χ3n) is 3.98. The summed E-state index contributed by atoms with van der Waals surface area (Å²) in [6.45, 7) is 1.91. The fourth-order valence-electron chi connectivity index (χ4n) is 2.73. The van der Waals surface area contributed by atoms with Gasteiger partial charge in [0.25, 0.3) is 0 Å². The normalized spacial score (nSPS) is 17.9. The van der Waals surface area contributed by atoms with Gasteiger partial charge in [-0.1, -0.05) is 11.6 Å². The van der Waals surface area contributed by atoms with E-state index in [9.17, 15) is 4.79 Å². The van der Waals surface area contributed by atoms with E-state index in [1.54, 1.807) is 0 Å². The molecule has 0 radical (unpaired) electrons.